The van der Waals surface area contributed by atoms with Crippen molar-refractivity contribution < 1.29 is 25.2 Å². The highest BCUT2D eigenvalue weighted by molar-refractivity contribution is 5.41. The van der Waals surface area contributed by atoms with Gasteiger partial charge in [-0.25, -0.2) is 0 Å². The predicted molar refractivity (Wildman–Crippen MR) is 93.3 cm³/mol. The normalized spacial score (nSPS) is 10.8. The van der Waals surface area contributed by atoms with Gasteiger partial charge in [0.2, 0.25) is 0 Å². The van der Waals surface area contributed by atoms with Crippen molar-refractivity contribution in [2.75, 3.05) is 26.4 Å². The number of ether oxygens (including phenoxy) is 1. The van der Waals surface area contributed by atoms with Gasteiger partial charge in [-0.15, -0.1) is 0 Å². The second-order valence-corrected chi connectivity index (χ2v) is 5.78. The summed E-state index contributed by atoms with van der Waals surface area (Å²) in [7, 11) is 0. The lowest BCUT2D eigenvalue weighted by Crippen LogP contribution is -2.18. The minimum Gasteiger partial charge on any atom is -0.508 e. The Bertz CT molecular complexity index is 524. The van der Waals surface area contributed by atoms with E-state index in [1.54, 1.807) is 24.3 Å². The molecule has 2 rings (SSSR count). The van der Waals surface area contributed by atoms with Gasteiger partial charge in [0.15, 0.2) is 0 Å². The summed E-state index contributed by atoms with van der Waals surface area (Å²) in [5, 5.41) is 34.8. The van der Waals surface area contributed by atoms with Crippen LogP contribution < -0.4 is 0 Å². The van der Waals surface area contributed by atoms with E-state index in [2.05, 4.69) is 18.6 Å². The number of aromatic hydroxyl groups is 2. The van der Waals surface area contributed by atoms with E-state index in [9.17, 15) is 10.2 Å². The molecule has 0 fully saturated rings. The smallest absolute Gasteiger partial charge is 0.115 e. The second-order valence-electron chi connectivity index (χ2n) is 5.78. The van der Waals surface area contributed by atoms with Crippen LogP contribution in [0.4, 0.5) is 0 Å². The Morgan fingerprint density at radius 3 is 1.33 bits per heavy atom. The minimum atomic E-state index is -0.151. The van der Waals surface area contributed by atoms with E-state index in [4.69, 9.17) is 10.2 Å². The lowest BCUT2D eigenvalue weighted by molar-refractivity contribution is 0.0650. The summed E-state index contributed by atoms with van der Waals surface area (Å²) >= 11 is 0. The maximum atomic E-state index is 9.30. The number of phenolic OH excluding ortho intramolecular Hbond substituents is 2. The number of hydrogen-bond donors (Lipinski definition) is 4. The topological polar surface area (TPSA) is 90.2 Å². The van der Waals surface area contributed by atoms with E-state index in [0.29, 0.717) is 13.2 Å². The first-order chi connectivity index (χ1) is 11.4. The van der Waals surface area contributed by atoms with Crippen molar-refractivity contribution in [1.82, 2.24) is 0 Å². The Kier molecular flexibility index (Phi) is 8.26. The zero-order valence-corrected chi connectivity index (χ0v) is 14.1. The molecule has 0 aliphatic carbocycles. The molecule has 0 aliphatic heterocycles. The third kappa shape index (κ3) is 6.20. The Balaban J connectivity index is 0.000000351. The third-order valence-electron chi connectivity index (χ3n) is 3.65. The van der Waals surface area contributed by atoms with Crippen LogP contribution in [0.25, 0.3) is 0 Å². The molecule has 0 bridgehead atoms. The summed E-state index contributed by atoms with van der Waals surface area (Å²) in [6.45, 7) is 4.93. The molecule has 0 aromatic heterocycles. The molecule has 0 atom stereocenters. The quantitative estimate of drug-likeness (QED) is 0.609. The van der Waals surface area contributed by atoms with Gasteiger partial charge in [-0.05, 0) is 35.4 Å². The monoisotopic (exact) mass is 334 g/mol. The third-order valence-corrected chi connectivity index (χ3v) is 3.65. The molecule has 0 saturated carbocycles. The first kappa shape index (κ1) is 20.0. The van der Waals surface area contributed by atoms with Crippen molar-refractivity contribution in [2.24, 2.45) is 0 Å². The zero-order chi connectivity index (χ0) is 18.0. The summed E-state index contributed by atoms with van der Waals surface area (Å²) in [5.41, 5.74) is 2.10. The largest absolute Gasteiger partial charge is 0.508 e. The highest BCUT2D eigenvalue weighted by atomic mass is 16.5. The molecule has 0 saturated heterocycles. The van der Waals surface area contributed by atoms with Crippen molar-refractivity contribution in [2.45, 2.75) is 19.3 Å². The van der Waals surface area contributed by atoms with Crippen LogP contribution in [0.1, 0.15) is 25.0 Å². The summed E-state index contributed by atoms with van der Waals surface area (Å²) < 4.78 is 4.63. The van der Waals surface area contributed by atoms with Gasteiger partial charge in [0.05, 0.1) is 26.4 Å². The van der Waals surface area contributed by atoms with Crippen LogP contribution in [0.15, 0.2) is 48.5 Å². The highest BCUT2D eigenvalue weighted by Crippen LogP contribution is 2.32. The molecular weight excluding hydrogens is 308 g/mol. The Morgan fingerprint density at radius 2 is 1.04 bits per heavy atom. The van der Waals surface area contributed by atoms with E-state index in [0.717, 1.165) is 11.1 Å². The van der Waals surface area contributed by atoms with Crippen LogP contribution in [0.2, 0.25) is 0 Å². The highest BCUT2D eigenvalue weighted by Gasteiger charge is 2.22. The number of rotatable bonds is 6. The summed E-state index contributed by atoms with van der Waals surface area (Å²) in [6.07, 6.45) is 0. The fourth-order valence-electron chi connectivity index (χ4n) is 2.15. The van der Waals surface area contributed by atoms with Crippen LogP contribution in [0, 0.1) is 0 Å². The van der Waals surface area contributed by atoms with Crippen molar-refractivity contribution in [3.8, 4) is 11.5 Å². The molecule has 0 amide bonds. The molecule has 0 radical (unpaired) electrons. The van der Waals surface area contributed by atoms with E-state index < -0.39 is 0 Å². The van der Waals surface area contributed by atoms with Crippen LogP contribution in [-0.2, 0) is 10.2 Å². The standard InChI is InChI=1S/C15H16O2.C4H10O3/c1-15(2,11-3-7-13(16)8-4-11)12-5-9-14(17)10-6-12;5-1-3-7-4-2-6/h3-10,16-17H,1-2H3;5-6H,1-4H2. The number of benzene rings is 2. The molecule has 132 valence electrons. The SMILES string of the molecule is CC(C)(c1ccc(O)cc1)c1ccc(O)cc1.OCCOCCO. The number of aliphatic hydroxyl groups excluding tert-OH is 2. The van der Waals surface area contributed by atoms with Gasteiger partial charge < -0.3 is 25.2 Å². The summed E-state index contributed by atoms with van der Waals surface area (Å²) in [5.74, 6) is 0.547. The molecule has 0 heterocycles. The summed E-state index contributed by atoms with van der Waals surface area (Å²) in [6, 6.07) is 14.4. The minimum absolute atomic E-state index is 0.0278. The molecule has 4 N–H and O–H groups in total. The number of hydrogen-bond acceptors (Lipinski definition) is 5. The van der Waals surface area contributed by atoms with Crippen molar-refractivity contribution in [3.63, 3.8) is 0 Å². The van der Waals surface area contributed by atoms with Crippen molar-refractivity contribution >= 4 is 0 Å². The van der Waals surface area contributed by atoms with Gasteiger partial charge in [-0.1, -0.05) is 38.1 Å². The van der Waals surface area contributed by atoms with Gasteiger partial charge >= 0.3 is 0 Å². The molecule has 5 heteroatoms. The molecular formula is C19H26O5. The number of phenols is 2. The zero-order valence-electron chi connectivity index (χ0n) is 14.1. The summed E-state index contributed by atoms with van der Waals surface area (Å²) in [4.78, 5) is 0. The Labute approximate surface area is 142 Å². The van der Waals surface area contributed by atoms with Crippen LogP contribution in [0.3, 0.4) is 0 Å². The van der Waals surface area contributed by atoms with Gasteiger partial charge in [0.1, 0.15) is 11.5 Å². The second kappa shape index (κ2) is 9.93. The lowest BCUT2D eigenvalue weighted by atomic mass is 9.78. The van der Waals surface area contributed by atoms with E-state index >= 15 is 0 Å². The molecule has 2 aromatic rings. The molecule has 0 spiro atoms. The van der Waals surface area contributed by atoms with Crippen LogP contribution in [-0.4, -0.2) is 46.9 Å². The van der Waals surface area contributed by atoms with E-state index in [1.807, 2.05) is 24.3 Å². The number of aliphatic hydroxyl groups is 2. The van der Waals surface area contributed by atoms with E-state index in [1.165, 1.54) is 0 Å². The van der Waals surface area contributed by atoms with E-state index in [-0.39, 0.29) is 30.1 Å². The first-order valence-electron chi connectivity index (χ1n) is 7.80. The molecule has 2 aromatic carbocycles. The van der Waals surface area contributed by atoms with Crippen molar-refractivity contribution in [1.29, 1.82) is 0 Å². The lowest BCUT2D eigenvalue weighted by Gasteiger charge is -2.26. The fourth-order valence-corrected chi connectivity index (χ4v) is 2.15. The average Bonchev–Trinajstić information content (AvgIpc) is 2.57. The molecule has 5 nitrogen and oxygen atoms in total. The maximum Gasteiger partial charge on any atom is 0.115 e. The van der Waals surface area contributed by atoms with Gasteiger partial charge in [-0.2, -0.15) is 0 Å². The Hall–Kier alpha value is -2.08. The Morgan fingerprint density at radius 1 is 0.708 bits per heavy atom. The van der Waals surface area contributed by atoms with Gasteiger partial charge in [0, 0.05) is 5.41 Å². The fraction of sp³-hybridized carbons (Fsp3) is 0.368. The van der Waals surface area contributed by atoms with Gasteiger partial charge in [0.25, 0.3) is 0 Å². The van der Waals surface area contributed by atoms with Crippen molar-refractivity contribution in [3.05, 3.63) is 59.7 Å². The first-order valence-corrected chi connectivity index (χ1v) is 7.80. The molecule has 24 heavy (non-hydrogen) atoms. The molecule has 0 aliphatic rings. The average molecular weight is 334 g/mol. The van der Waals surface area contributed by atoms with Crippen LogP contribution in [0.5, 0.6) is 11.5 Å². The predicted octanol–water partition coefficient (Wildman–Crippen LogP) is 2.41. The van der Waals surface area contributed by atoms with Gasteiger partial charge in [-0.3, -0.25) is 0 Å². The van der Waals surface area contributed by atoms with Crippen LogP contribution >= 0.6 is 0 Å². The maximum absolute atomic E-state index is 9.30. The molecule has 0 unspecified atom stereocenters.